The van der Waals surface area contributed by atoms with Crippen LogP contribution in [0, 0.1) is 0 Å². The molecule has 22 heavy (non-hydrogen) atoms. The van der Waals surface area contributed by atoms with E-state index in [0.29, 0.717) is 9.79 Å². The maximum absolute atomic E-state index is 12.6. The van der Waals surface area contributed by atoms with Gasteiger partial charge in [0.1, 0.15) is 0 Å². The van der Waals surface area contributed by atoms with Crippen LogP contribution in [0.4, 0.5) is 17.1 Å². The van der Waals surface area contributed by atoms with Gasteiger partial charge in [0.15, 0.2) is 0 Å². The fraction of sp³-hybridized carbons (Fsp3) is 0. The van der Waals surface area contributed by atoms with Gasteiger partial charge < -0.3 is 4.90 Å². The van der Waals surface area contributed by atoms with Crippen LogP contribution >= 0.6 is 0 Å². The summed E-state index contributed by atoms with van der Waals surface area (Å²) in [5.41, 5.74) is 2.67. The van der Waals surface area contributed by atoms with E-state index < -0.39 is 9.84 Å². The molecule has 0 radical (unpaired) electrons. The number of anilines is 3. The Morgan fingerprint density at radius 2 is 1.09 bits per heavy atom. The lowest BCUT2D eigenvalue weighted by Crippen LogP contribution is -2.14. The van der Waals surface area contributed by atoms with Crippen LogP contribution in [-0.4, -0.2) is 8.42 Å². The van der Waals surface area contributed by atoms with Crippen LogP contribution in [0.15, 0.2) is 88.7 Å². The maximum atomic E-state index is 12.6. The second-order valence-electron chi connectivity index (χ2n) is 5.17. The van der Waals surface area contributed by atoms with Crippen molar-refractivity contribution in [1.29, 1.82) is 0 Å². The van der Waals surface area contributed by atoms with E-state index in [9.17, 15) is 8.42 Å². The number of benzene rings is 3. The summed E-state index contributed by atoms with van der Waals surface area (Å²) >= 11 is 0. The summed E-state index contributed by atoms with van der Waals surface area (Å²) in [6, 6.07) is 24.1. The molecule has 1 aliphatic rings. The molecular formula is C18H13NO2S. The standard InChI is InChI=1S/C18H13NO2S/c20-22(21)17-10-4-8-15(12-17)19(14-6-2-1-3-7-14)16-9-5-11-18(22)13-16/h1-13H. The van der Waals surface area contributed by atoms with Crippen molar-refractivity contribution >= 4 is 26.9 Å². The Balaban J connectivity index is 2.06. The lowest BCUT2D eigenvalue weighted by Gasteiger charge is -2.27. The Morgan fingerprint density at radius 3 is 1.64 bits per heavy atom. The lowest BCUT2D eigenvalue weighted by atomic mass is 10.2. The Morgan fingerprint density at radius 1 is 0.591 bits per heavy atom. The Kier molecular flexibility index (Phi) is 2.81. The minimum absolute atomic E-state index is 0.322. The van der Waals surface area contributed by atoms with Gasteiger partial charge in [0.25, 0.3) is 0 Å². The van der Waals surface area contributed by atoms with Crippen molar-refractivity contribution in [2.45, 2.75) is 9.79 Å². The molecule has 0 fully saturated rings. The van der Waals surface area contributed by atoms with Gasteiger partial charge >= 0.3 is 0 Å². The lowest BCUT2D eigenvalue weighted by molar-refractivity contribution is 0.596. The highest BCUT2D eigenvalue weighted by molar-refractivity contribution is 7.91. The average Bonchev–Trinajstić information content (AvgIpc) is 2.56. The quantitative estimate of drug-likeness (QED) is 0.526. The summed E-state index contributed by atoms with van der Waals surface area (Å²) in [7, 11) is -3.45. The van der Waals surface area contributed by atoms with Crippen LogP contribution in [0.1, 0.15) is 0 Å². The Hall–Kier alpha value is -2.59. The molecule has 0 aliphatic carbocycles. The Bertz CT molecular complexity index is 896. The highest BCUT2D eigenvalue weighted by atomic mass is 32.2. The number of hydrogen-bond acceptors (Lipinski definition) is 3. The topological polar surface area (TPSA) is 37.4 Å². The molecule has 4 bridgehead atoms. The van der Waals surface area contributed by atoms with Crippen molar-refractivity contribution in [3.8, 4) is 0 Å². The van der Waals surface area contributed by atoms with Crippen molar-refractivity contribution in [2.75, 3.05) is 4.90 Å². The molecule has 3 aromatic rings. The molecule has 0 N–H and O–H groups in total. The fourth-order valence-electron chi connectivity index (χ4n) is 2.74. The summed E-state index contributed by atoms with van der Waals surface area (Å²) in [6.45, 7) is 0. The van der Waals surface area contributed by atoms with Gasteiger partial charge in [-0.15, -0.1) is 0 Å². The molecule has 0 amide bonds. The number of hydrogen-bond donors (Lipinski definition) is 0. The summed E-state index contributed by atoms with van der Waals surface area (Å²) in [5, 5.41) is 0. The number of rotatable bonds is 1. The van der Waals surface area contributed by atoms with Crippen molar-refractivity contribution in [1.82, 2.24) is 0 Å². The third-order valence-corrected chi connectivity index (χ3v) is 5.54. The molecule has 0 saturated heterocycles. The summed E-state index contributed by atoms with van der Waals surface area (Å²) < 4.78 is 25.3. The molecule has 4 rings (SSSR count). The molecule has 108 valence electrons. The first-order chi connectivity index (χ1) is 10.7. The summed E-state index contributed by atoms with van der Waals surface area (Å²) in [5.74, 6) is 0. The van der Waals surface area contributed by atoms with Crippen molar-refractivity contribution in [3.63, 3.8) is 0 Å². The molecule has 0 aromatic heterocycles. The zero-order valence-electron chi connectivity index (χ0n) is 11.7. The van der Waals surface area contributed by atoms with Gasteiger partial charge in [0.2, 0.25) is 9.84 Å². The normalized spacial score (nSPS) is 15.0. The molecule has 0 atom stereocenters. The van der Waals surface area contributed by atoms with Crippen LogP contribution in [0.25, 0.3) is 0 Å². The zero-order valence-corrected chi connectivity index (χ0v) is 12.5. The predicted octanol–water partition coefficient (Wildman–Crippen LogP) is 4.30. The van der Waals surface area contributed by atoms with Crippen molar-refractivity contribution in [3.05, 3.63) is 78.9 Å². The number of para-hydroxylation sites is 1. The van der Waals surface area contributed by atoms with Gasteiger partial charge in [0.05, 0.1) is 9.79 Å². The Labute approximate surface area is 129 Å². The number of fused-ring (bicyclic) bond motifs is 4. The van der Waals surface area contributed by atoms with E-state index in [-0.39, 0.29) is 0 Å². The van der Waals surface area contributed by atoms with Gasteiger partial charge in [-0.1, -0.05) is 30.3 Å². The van der Waals surface area contributed by atoms with E-state index in [0.717, 1.165) is 17.1 Å². The first-order valence-corrected chi connectivity index (χ1v) is 8.45. The number of nitrogens with zero attached hydrogens (tertiary/aromatic N) is 1. The monoisotopic (exact) mass is 307 g/mol. The summed E-state index contributed by atoms with van der Waals surface area (Å²) in [4.78, 5) is 2.70. The van der Waals surface area contributed by atoms with Crippen LogP contribution in [0.2, 0.25) is 0 Å². The highest BCUT2D eigenvalue weighted by Gasteiger charge is 2.24. The van der Waals surface area contributed by atoms with E-state index in [2.05, 4.69) is 4.90 Å². The van der Waals surface area contributed by atoms with E-state index >= 15 is 0 Å². The second-order valence-corrected chi connectivity index (χ2v) is 7.12. The maximum Gasteiger partial charge on any atom is 0.206 e. The van der Waals surface area contributed by atoms with E-state index in [1.165, 1.54) is 0 Å². The predicted molar refractivity (Wildman–Crippen MR) is 86.6 cm³/mol. The molecule has 4 heteroatoms. The van der Waals surface area contributed by atoms with Crippen molar-refractivity contribution < 1.29 is 8.42 Å². The first kappa shape index (κ1) is 13.1. The van der Waals surface area contributed by atoms with E-state index in [4.69, 9.17) is 0 Å². The zero-order chi connectivity index (χ0) is 15.2. The minimum Gasteiger partial charge on any atom is -0.310 e. The van der Waals surface area contributed by atoms with Crippen molar-refractivity contribution in [2.24, 2.45) is 0 Å². The SMILES string of the molecule is O=S1(=O)c2cccc(c2)N(c2ccccc2)c2cccc1c2. The van der Waals surface area contributed by atoms with E-state index in [1.807, 2.05) is 42.5 Å². The molecule has 0 spiro atoms. The minimum atomic E-state index is -3.45. The fourth-order valence-corrected chi connectivity index (χ4v) is 4.08. The molecule has 0 unspecified atom stereocenters. The van der Waals surface area contributed by atoms with Gasteiger partial charge in [-0.3, -0.25) is 0 Å². The van der Waals surface area contributed by atoms with Gasteiger partial charge in [-0.2, -0.15) is 0 Å². The highest BCUT2D eigenvalue weighted by Crippen LogP contribution is 2.39. The molecular weight excluding hydrogens is 294 g/mol. The third kappa shape index (κ3) is 1.92. The molecule has 1 aliphatic heterocycles. The van der Waals surface area contributed by atoms with Gasteiger partial charge in [0, 0.05) is 17.1 Å². The van der Waals surface area contributed by atoms with Crippen LogP contribution in [0.5, 0.6) is 0 Å². The largest absolute Gasteiger partial charge is 0.310 e. The smallest absolute Gasteiger partial charge is 0.206 e. The average molecular weight is 307 g/mol. The number of sulfone groups is 1. The van der Waals surface area contributed by atoms with Gasteiger partial charge in [-0.25, -0.2) is 8.42 Å². The molecule has 3 aromatic carbocycles. The second kappa shape index (κ2) is 4.71. The third-order valence-electron chi connectivity index (χ3n) is 3.79. The van der Waals surface area contributed by atoms with Gasteiger partial charge in [-0.05, 0) is 48.5 Å². The van der Waals surface area contributed by atoms with Crippen LogP contribution in [0.3, 0.4) is 0 Å². The van der Waals surface area contributed by atoms with Crippen LogP contribution in [-0.2, 0) is 9.84 Å². The summed E-state index contributed by atoms with van der Waals surface area (Å²) in [6.07, 6.45) is 0. The first-order valence-electron chi connectivity index (χ1n) is 6.97. The van der Waals surface area contributed by atoms with E-state index in [1.54, 1.807) is 36.4 Å². The molecule has 3 nitrogen and oxygen atoms in total. The molecule has 1 heterocycles. The van der Waals surface area contributed by atoms with Crippen LogP contribution < -0.4 is 4.90 Å². The molecule has 0 saturated carbocycles.